The van der Waals surface area contributed by atoms with E-state index in [9.17, 15) is 0 Å². The molecule has 0 aliphatic heterocycles. The van der Waals surface area contributed by atoms with E-state index in [1.165, 1.54) is 12.8 Å². The van der Waals surface area contributed by atoms with Crippen LogP contribution in [0, 0.1) is 6.92 Å². The van der Waals surface area contributed by atoms with Crippen molar-refractivity contribution in [3.63, 3.8) is 0 Å². The van der Waals surface area contributed by atoms with Gasteiger partial charge in [0.05, 0.1) is 0 Å². The largest absolute Gasteiger partial charge is 2.00 e. The van der Waals surface area contributed by atoms with Gasteiger partial charge in [0.25, 0.3) is 0 Å². The predicted octanol–water partition coefficient (Wildman–Crippen LogP) is 1.79. The molecule has 0 aliphatic carbocycles. The van der Waals surface area contributed by atoms with Gasteiger partial charge in [-0.2, -0.15) is 12.7 Å². The molecule has 0 saturated carbocycles. The van der Waals surface area contributed by atoms with Crippen molar-refractivity contribution in [1.29, 1.82) is 0 Å². The number of hydrogen-bond donors (Lipinski definition) is 0. The van der Waals surface area contributed by atoms with Crippen LogP contribution >= 0.6 is 0 Å². The first-order valence-electron chi connectivity index (χ1n) is 2.70. The fourth-order valence-electron chi connectivity index (χ4n) is 0.144. The van der Waals surface area contributed by atoms with Crippen molar-refractivity contribution < 1.29 is 0 Å². The molecule has 46 valence electrons. The van der Waals surface area contributed by atoms with E-state index in [4.69, 9.17) is 0 Å². The zero-order valence-electron chi connectivity index (χ0n) is 5.94. The van der Waals surface area contributed by atoms with Crippen molar-refractivity contribution in [2.75, 3.05) is 5.75 Å². The molecule has 0 spiro atoms. The molecule has 0 aromatic carbocycles. The zero-order chi connectivity index (χ0) is 6.12. The molecule has 0 aliphatic rings. The van der Waals surface area contributed by atoms with Gasteiger partial charge in [-0.25, -0.2) is 0 Å². The summed E-state index contributed by atoms with van der Waals surface area (Å²) in [7, 11) is 0. The Bertz CT molecular complexity index is 16.0. The Morgan fingerprint density at radius 3 is 1.75 bits per heavy atom. The Hall–Kier alpha value is 1.12. The minimum atomic E-state index is 0. The topological polar surface area (TPSA) is 0 Å². The Morgan fingerprint density at radius 1 is 1.38 bits per heavy atom. The molecule has 0 N–H and O–H groups in total. The van der Waals surface area contributed by atoms with E-state index in [-0.39, 0.29) is 23.1 Å². The fraction of sp³-hybridized carbons (Fsp3) is 0.833. The van der Waals surface area contributed by atoms with Crippen LogP contribution in [0.2, 0.25) is 0 Å². The van der Waals surface area contributed by atoms with Gasteiger partial charge in [0.1, 0.15) is 0 Å². The summed E-state index contributed by atoms with van der Waals surface area (Å²) >= 11 is 4.65. The summed E-state index contributed by atoms with van der Waals surface area (Å²) in [6, 6.07) is 0. The monoisotopic (exact) mass is 142 g/mol. The van der Waals surface area contributed by atoms with E-state index in [1.54, 1.807) is 6.92 Å². The molecule has 0 aromatic heterocycles. The average molecular weight is 143 g/mol. The molecule has 0 amide bonds. The molecule has 0 aromatic rings. The molecule has 2 heteroatoms. The van der Waals surface area contributed by atoms with Gasteiger partial charge in [0.15, 0.2) is 0 Å². The maximum atomic E-state index is 4.65. The average Bonchev–Trinajstić information content (AvgIpc) is 1.75. The summed E-state index contributed by atoms with van der Waals surface area (Å²) in [5.41, 5.74) is 0. The molecule has 0 rings (SSSR count). The second kappa shape index (κ2) is 24.3. The molecule has 0 radical (unpaired) electrons. The van der Waals surface area contributed by atoms with Gasteiger partial charge in [-0.05, 0) is 0 Å². The third kappa shape index (κ3) is 27.4. The van der Waals surface area contributed by atoms with Gasteiger partial charge in [-0.3, -0.25) is 0 Å². The second-order valence-corrected chi connectivity index (χ2v) is 1.47. The van der Waals surface area contributed by atoms with E-state index in [0.717, 1.165) is 5.75 Å². The Balaban J connectivity index is -0.0000000750. The summed E-state index contributed by atoms with van der Waals surface area (Å²) < 4.78 is 0. The fourth-order valence-corrected chi connectivity index (χ4v) is 0.433. The van der Waals surface area contributed by atoms with Crippen molar-refractivity contribution in [2.24, 2.45) is 0 Å². The molecule has 0 bridgehead atoms. The summed E-state index contributed by atoms with van der Waals surface area (Å²) in [5, 5.41) is 0. The first-order chi connectivity index (χ1) is 3.41. The zero-order valence-corrected chi connectivity index (χ0v) is 8.17. The van der Waals surface area contributed by atoms with Crippen LogP contribution in [0.1, 0.15) is 26.7 Å². The number of unbranched alkanes of at least 4 members (excludes halogenated alkanes) is 1. The smallest absolute Gasteiger partial charge is 0.793 e. The molecule has 0 unspecified atom stereocenters. The minimum absolute atomic E-state index is 0. The Kier molecular flexibility index (Phi) is 48.7. The van der Waals surface area contributed by atoms with E-state index < -0.39 is 0 Å². The van der Waals surface area contributed by atoms with Crippen LogP contribution in [0.3, 0.4) is 0 Å². The molecule has 0 saturated heterocycles. The van der Waals surface area contributed by atoms with Crippen LogP contribution in [-0.4, -0.2) is 28.8 Å². The normalized spacial score (nSPS) is 6.00. The number of hydrogen-bond acceptors (Lipinski definition) is 1. The van der Waals surface area contributed by atoms with Crippen molar-refractivity contribution in [3.05, 3.63) is 6.92 Å². The van der Waals surface area contributed by atoms with E-state index in [0.29, 0.717) is 0 Å². The molecule has 0 heterocycles. The Morgan fingerprint density at radius 2 is 1.75 bits per heavy atom. The van der Waals surface area contributed by atoms with Gasteiger partial charge in [-0.1, -0.05) is 19.8 Å². The summed E-state index contributed by atoms with van der Waals surface area (Å²) in [4.78, 5) is 0. The second-order valence-electron chi connectivity index (χ2n) is 1.06. The third-order valence-electron chi connectivity index (χ3n) is 0.498. The first-order valence-corrected chi connectivity index (χ1v) is 3.28. The molecule has 8 heavy (non-hydrogen) atoms. The van der Waals surface area contributed by atoms with Crippen LogP contribution in [0.4, 0.5) is 0 Å². The van der Waals surface area contributed by atoms with Crippen LogP contribution in [0.25, 0.3) is 0 Å². The summed E-state index contributed by atoms with van der Waals surface area (Å²) in [6.45, 7) is 7.15. The van der Waals surface area contributed by atoms with Crippen LogP contribution in [-0.2, 0) is 12.6 Å². The standard InChI is InChI=1S/C4H10S.C2H5.Mg/c1-2-3-4-5;1-2;/h5H,2-4H2,1H3;1H2,2H3;/q;-1;+2/p-1. The first kappa shape index (κ1) is 16.1. The van der Waals surface area contributed by atoms with Gasteiger partial charge in [-0.15, -0.1) is 0 Å². The molecule has 0 atom stereocenters. The summed E-state index contributed by atoms with van der Waals surface area (Å²) in [6.07, 6.45) is 2.44. The third-order valence-corrected chi connectivity index (χ3v) is 0.787. The van der Waals surface area contributed by atoms with Crippen LogP contribution < -0.4 is 0 Å². The predicted molar refractivity (Wildman–Crippen MR) is 43.9 cm³/mol. The van der Waals surface area contributed by atoms with E-state index >= 15 is 0 Å². The Labute approximate surface area is 75.0 Å². The van der Waals surface area contributed by atoms with Crippen molar-refractivity contribution in [2.45, 2.75) is 26.7 Å². The minimum Gasteiger partial charge on any atom is -0.793 e. The van der Waals surface area contributed by atoms with Crippen LogP contribution in [0.5, 0.6) is 0 Å². The van der Waals surface area contributed by atoms with Crippen molar-refractivity contribution >= 4 is 35.7 Å². The van der Waals surface area contributed by atoms with Crippen LogP contribution in [0.15, 0.2) is 0 Å². The molecule has 0 nitrogen and oxygen atoms in total. The van der Waals surface area contributed by atoms with E-state index in [1.807, 2.05) is 0 Å². The maximum Gasteiger partial charge on any atom is 2.00 e. The number of rotatable bonds is 2. The van der Waals surface area contributed by atoms with Gasteiger partial charge in [0, 0.05) is 0 Å². The van der Waals surface area contributed by atoms with E-state index in [2.05, 4.69) is 26.5 Å². The van der Waals surface area contributed by atoms with Gasteiger partial charge < -0.3 is 19.6 Å². The van der Waals surface area contributed by atoms with Crippen molar-refractivity contribution in [1.82, 2.24) is 0 Å². The SMILES string of the molecule is CCCC[S-].[CH2-]C.[Mg+2]. The van der Waals surface area contributed by atoms with Crippen molar-refractivity contribution in [3.8, 4) is 0 Å². The molecular weight excluding hydrogens is 128 g/mol. The molecule has 0 fully saturated rings. The van der Waals surface area contributed by atoms with Gasteiger partial charge >= 0.3 is 23.1 Å². The van der Waals surface area contributed by atoms with Gasteiger partial charge in [0.2, 0.25) is 0 Å². The quantitative estimate of drug-likeness (QED) is 0.322. The molecular formula is C6H14MgS. The maximum absolute atomic E-state index is 4.65. The summed E-state index contributed by atoms with van der Waals surface area (Å²) in [5.74, 6) is 0.927.